The van der Waals surface area contributed by atoms with Gasteiger partial charge in [0.25, 0.3) is 0 Å². The average Bonchev–Trinajstić information content (AvgIpc) is 3.20. The number of nitrogens with one attached hydrogen (secondary N) is 1. The molecule has 0 saturated heterocycles. The highest BCUT2D eigenvalue weighted by Crippen LogP contribution is 2.30. The van der Waals surface area contributed by atoms with Crippen LogP contribution >= 0.6 is 11.6 Å². The van der Waals surface area contributed by atoms with Crippen molar-refractivity contribution in [1.82, 2.24) is 34.7 Å². The number of halogens is 3. The van der Waals surface area contributed by atoms with Gasteiger partial charge in [0.2, 0.25) is 11.8 Å². The number of hydrogen-bond acceptors (Lipinski definition) is 10. The van der Waals surface area contributed by atoms with Gasteiger partial charge in [-0.05, 0) is 19.1 Å². The number of anilines is 2. The van der Waals surface area contributed by atoms with Gasteiger partial charge >= 0.3 is 6.61 Å². The van der Waals surface area contributed by atoms with Crippen LogP contribution in [0.1, 0.15) is 13.3 Å². The number of nitrogens with zero attached hydrogens (tertiary/aromatic N) is 7. The van der Waals surface area contributed by atoms with Crippen LogP contribution in [-0.4, -0.2) is 54.0 Å². The van der Waals surface area contributed by atoms with Gasteiger partial charge in [0.1, 0.15) is 16.5 Å². The molecule has 4 aromatic heterocycles. The molecule has 0 aliphatic carbocycles. The highest BCUT2D eigenvalue weighted by molar-refractivity contribution is 6.29. The molecule has 0 aliphatic rings. The fourth-order valence-electron chi connectivity index (χ4n) is 3.28. The second-order valence-corrected chi connectivity index (χ2v) is 8.03. The van der Waals surface area contributed by atoms with Gasteiger partial charge in [-0.25, -0.2) is 29.6 Å². The predicted molar refractivity (Wildman–Crippen MR) is 129 cm³/mol. The Morgan fingerprint density at radius 2 is 1.94 bits per heavy atom. The zero-order valence-corrected chi connectivity index (χ0v) is 20.0. The molecule has 0 unspecified atom stereocenters. The van der Waals surface area contributed by atoms with E-state index in [-0.39, 0.29) is 17.1 Å². The van der Waals surface area contributed by atoms with Crippen molar-refractivity contribution in [3.8, 4) is 34.4 Å². The first-order chi connectivity index (χ1) is 17.3. The van der Waals surface area contributed by atoms with Gasteiger partial charge in [-0.15, -0.1) is 0 Å². The summed E-state index contributed by atoms with van der Waals surface area (Å²) >= 11 is 6.10. The Bertz CT molecular complexity index is 1320. The van der Waals surface area contributed by atoms with Crippen molar-refractivity contribution in [1.29, 1.82) is 0 Å². The van der Waals surface area contributed by atoms with Crippen LogP contribution in [0, 0.1) is 0 Å². The minimum absolute atomic E-state index is 0.0584. The number of hydrogen-bond donors (Lipinski definition) is 2. The van der Waals surface area contributed by atoms with E-state index in [0.717, 1.165) is 6.20 Å². The molecular formula is C22H22ClF2N9O2. The lowest BCUT2D eigenvalue weighted by molar-refractivity contribution is -0.0530. The van der Waals surface area contributed by atoms with E-state index in [1.807, 2.05) is 6.92 Å². The maximum atomic E-state index is 12.4. The van der Waals surface area contributed by atoms with Crippen LogP contribution in [0.25, 0.3) is 22.6 Å². The highest BCUT2D eigenvalue weighted by atomic mass is 35.5. The lowest BCUT2D eigenvalue weighted by atomic mass is 10.1. The normalized spacial score (nSPS) is 11.9. The SMILES string of the molecule is C[C@@H](CCOc1c(-c2nccc(N)n2)cnn1C)Nc1cc(Cl)ncc1-c1cnc(OC(F)F)cn1. The summed E-state index contributed by atoms with van der Waals surface area (Å²) in [6, 6.07) is 3.19. The van der Waals surface area contributed by atoms with E-state index in [2.05, 4.69) is 40.1 Å². The zero-order chi connectivity index (χ0) is 25.7. The Morgan fingerprint density at radius 3 is 2.67 bits per heavy atom. The molecule has 1 atom stereocenters. The van der Waals surface area contributed by atoms with Crippen LogP contribution in [0.5, 0.6) is 11.8 Å². The standard InChI is InChI=1S/C22H22ClF2N9O2/c1-12(4-6-35-21-14(9-31-34(21)2)20-27-5-3-18(26)33-20)32-15-7-17(23)29-8-13(15)16-10-30-19(11-28-16)36-22(24)25/h3,5,7-12,22H,4,6H2,1-2H3,(H,29,32)(H2,26,27,33)/t12-/m0/s1. The Balaban J connectivity index is 1.42. The largest absolute Gasteiger partial charge is 0.477 e. The summed E-state index contributed by atoms with van der Waals surface area (Å²) < 4.78 is 36.6. The van der Waals surface area contributed by atoms with Gasteiger partial charge < -0.3 is 20.5 Å². The van der Waals surface area contributed by atoms with Gasteiger partial charge in [-0.1, -0.05) is 11.6 Å². The molecule has 14 heteroatoms. The molecule has 36 heavy (non-hydrogen) atoms. The Morgan fingerprint density at radius 1 is 1.11 bits per heavy atom. The summed E-state index contributed by atoms with van der Waals surface area (Å²) in [5.74, 6) is 1.00. The number of nitrogens with two attached hydrogens (primary N) is 1. The molecule has 4 heterocycles. The number of ether oxygens (including phenoxy) is 2. The monoisotopic (exact) mass is 517 g/mol. The summed E-state index contributed by atoms with van der Waals surface area (Å²) in [5, 5.41) is 7.87. The molecule has 0 amide bonds. The Labute approximate surface area is 209 Å². The van der Waals surface area contributed by atoms with Crippen molar-refractivity contribution in [2.45, 2.75) is 26.0 Å². The smallest absolute Gasteiger partial charge is 0.388 e. The van der Waals surface area contributed by atoms with Crippen molar-refractivity contribution in [2.75, 3.05) is 17.7 Å². The summed E-state index contributed by atoms with van der Waals surface area (Å²) in [7, 11) is 1.76. The first kappa shape index (κ1) is 25.0. The summed E-state index contributed by atoms with van der Waals surface area (Å²) in [5.41, 5.74) is 8.05. The van der Waals surface area contributed by atoms with Crippen LogP contribution in [0.3, 0.4) is 0 Å². The lowest BCUT2D eigenvalue weighted by Crippen LogP contribution is -2.19. The molecule has 4 aromatic rings. The third kappa shape index (κ3) is 6.10. The maximum Gasteiger partial charge on any atom is 0.388 e. The maximum absolute atomic E-state index is 12.4. The first-order valence-electron chi connectivity index (χ1n) is 10.7. The molecule has 3 N–H and O–H groups in total. The highest BCUT2D eigenvalue weighted by Gasteiger charge is 2.17. The molecule has 0 aliphatic heterocycles. The van der Waals surface area contributed by atoms with Crippen molar-refractivity contribution in [3.63, 3.8) is 0 Å². The van der Waals surface area contributed by atoms with Crippen LogP contribution in [0.2, 0.25) is 5.15 Å². The first-order valence-corrected chi connectivity index (χ1v) is 11.1. The van der Waals surface area contributed by atoms with E-state index in [1.165, 1.54) is 12.4 Å². The second-order valence-electron chi connectivity index (χ2n) is 7.65. The second kappa shape index (κ2) is 11.1. The lowest BCUT2D eigenvalue weighted by Gasteiger charge is -2.18. The van der Waals surface area contributed by atoms with Crippen LogP contribution < -0.4 is 20.5 Å². The minimum Gasteiger partial charge on any atom is -0.477 e. The molecule has 0 radical (unpaired) electrons. The van der Waals surface area contributed by atoms with E-state index < -0.39 is 6.61 Å². The number of aryl methyl sites for hydroxylation is 1. The fraction of sp³-hybridized carbons (Fsp3) is 0.273. The third-order valence-corrected chi connectivity index (χ3v) is 5.19. The fourth-order valence-corrected chi connectivity index (χ4v) is 3.44. The third-order valence-electron chi connectivity index (χ3n) is 4.98. The van der Waals surface area contributed by atoms with Crippen molar-refractivity contribution >= 4 is 23.1 Å². The molecule has 4 rings (SSSR count). The van der Waals surface area contributed by atoms with E-state index in [9.17, 15) is 8.78 Å². The van der Waals surface area contributed by atoms with Gasteiger partial charge in [0, 0.05) is 43.2 Å². The number of nitrogen functional groups attached to an aromatic ring is 1. The van der Waals surface area contributed by atoms with E-state index in [4.69, 9.17) is 22.1 Å². The van der Waals surface area contributed by atoms with Crippen LogP contribution in [-0.2, 0) is 7.05 Å². The molecule has 0 aromatic carbocycles. The van der Waals surface area contributed by atoms with Crippen molar-refractivity contribution in [2.24, 2.45) is 7.05 Å². The molecular weight excluding hydrogens is 496 g/mol. The van der Waals surface area contributed by atoms with Crippen LogP contribution in [0.4, 0.5) is 20.3 Å². The molecule has 0 spiro atoms. The average molecular weight is 518 g/mol. The summed E-state index contributed by atoms with van der Waals surface area (Å²) in [4.78, 5) is 20.6. The number of aromatic nitrogens is 7. The zero-order valence-electron chi connectivity index (χ0n) is 19.3. The number of pyridine rings is 1. The molecule has 188 valence electrons. The number of rotatable bonds is 10. The van der Waals surface area contributed by atoms with E-state index in [0.29, 0.717) is 53.1 Å². The summed E-state index contributed by atoms with van der Waals surface area (Å²) in [6.45, 7) is -0.655. The molecule has 0 bridgehead atoms. The molecule has 0 fully saturated rings. The topological polar surface area (TPSA) is 139 Å². The quantitative estimate of drug-likeness (QED) is 0.298. The van der Waals surface area contributed by atoms with E-state index >= 15 is 0 Å². The Kier molecular flexibility index (Phi) is 7.68. The summed E-state index contributed by atoms with van der Waals surface area (Å²) in [6.07, 6.45) is 7.77. The predicted octanol–water partition coefficient (Wildman–Crippen LogP) is 3.84. The Hall–Kier alpha value is -4.13. The minimum atomic E-state index is -2.98. The van der Waals surface area contributed by atoms with Gasteiger partial charge in [0.05, 0.1) is 30.9 Å². The van der Waals surface area contributed by atoms with Gasteiger partial charge in [-0.2, -0.15) is 13.9 Å². The van der Waals surface area contributed by atoms with Crippen molar-refractivity contribution in [3.05, 3.63) is 48.3 Å². The number of alkyl halides is 2. The van der Waals surface area contributed by atoms with Gasteiger partial charge in [0.15, 0.2) is 5.82 Å². The van der Waals surface area contributed by atoms with Crippen molar-refractivity contribution < 1.29 is 18.3 Å². The molecule has 11 nitrogen and oxygen atoms in total. The van der Waals surface area contributed by atoms with Crippen LogP contribution in [0.15, 0.2) is 43.1 Å². The van der Waals surface area contributed by atoms with E-state index in [1.54, 1.807) is 36.3 Å². The molecule has 0 saturated carbocycles. The van der Waals surface area contributed by atoms with Gasteiger partial charge in [-0.3, -0.25) is 0 Å².